The van der Waals surface area contributed by atoms with Crippen LogP contribution in [0.2, 0.25) is 0 Å². The first-order chi connectivity index (χ1) is 8.51. The molecule has 2 heteroatoms. The van der Waals surface area contributed by atoms with Crippen LogP contribution in [0.5, 0.6) is 0 Å². The Morgan fingerprint density at radius 3 is 2.61 bits per heavy atom. The Morgan fingerprint density at radius 1 is 1.11 bits per heavy atom. The van der Waals surface area contributed by atoms with Gasteiger partial charge in [0, 0.05) is 17.4 Å². The van der Waals surface area contributed by atoms with Crippen LogP contribution in [0.4, 0.5) is 0 Å². The molecule has 0 fully saturated rings. The largest absolute Gasteiger partial charge is 0.290 e. The van der Waals surface area contributed by atoms with Crippen LogP contribution in [0.25, 0.3) is 6.08 Å². The number of hydrogen-bond donors (Lipinski definition) is 0. The lowest BCUT2D eigenvalue weighted by Crippen LogP contribution is -2.33. The molecule has 0 aromatic heterocycles. The quantitative estimate of drug-likeness (QED) is 0.651. The molecular formula is C16H14O2. The molecule has 18 heavy (non-hydrogen) atoms. The Labute approximate surface area is 106 Å². The smallest absolute Gasteiger partial charge is 0.229 e. The summed E-state index contributed by atoms with van der Waals surface area (Å²) in [4.78, 5) is 23.5. The van der Waals surface area contributed by atoms with Gasteiger partial charge in [0.2, 0.25) is 11.6 Å². The average molecular weight is 238 g/mol. The molecule has 1 aromatic carbocycles. The van der Waals surface area contributed by atoms with Crippen molar-refractivity contribution in [3.05, 3.63) is 52.6 Å². The Kier molecular flexibility index (Phi) is 2.18. The van der Waals surface area contributed by atoms with Crippen LogP contribution in [0, 0.1) is 0 Å². The van der Waals surface area contributed by atoms with E-state index in [9.17, 15) is 9.59 Å². The lowest BCUT2D eigenvalue weighted by molar-refractivity contribution is -0.134. The summed E-state index contributed by atoms with van der Waals surface area (Å²) in [6, 6.07) is 8.04. The van der Waals surface area contributed by atoms with E-state index in [4.69, 9.17) is 0 Å². The topological polar surface area (TPSA) is 34.1 Å². The van der Waals surface area contributed by atoms with Gasteiger partial charge in [0.05, 0.1) is 0 Å². The molecule has 0 bridgehead atoms. The van der Waals surface area contributed by atoms with Crippen molar-refractivity contribution in [1.29, 1.82) is 0 Å². The molecule has 0 spiro atoms. The first-order valence-corrected chi connectivity index (χ1v) is 6.11. The van der Waals surface area contributed by atoms with Gasteiger partial charge in [-0.15, -0.1) is 0 Å². The van der Waals surface area contributed by atoms with E-state index in [1.807, 2.05) is 30.4 Å². The predicted octanol–water partition coefficient (Wildman–Crippen LogP) is 2.83. The molecule has 2 aliphatic carbocycles. The number of Topliss-reactive ketones (excluding diaryl/α,β-unsaturated/α-hetero) is 2. The van der Waals surface area contributed by atoms with Crippen LogP contribution >= 0.6 is 0 Å². The highest BCUT2D eigenvalue weighted by Gasteiger charge is 2.39. The van der Waals surface area contributed by atoms with Gasteiger partial charge in [-0.25, -0.2) is 0 Å². The summed E-state index contributed by atoms with van der Waals surface area (Å²) in [5.74, 6) is -0.643. The SMILES string of the molecule is CC1(C)C2=CCC(=O)C(=O)C2=Cc2ccccc21. The number of hydrogen-bond acceptors (Lipinski definition) is 2. The molecule has 3 rings (SSSR count). The molecule has 0 saturated carbocycles. The number of carbonyl (C=O) groups excluding carboxylic acids is 2. The first kappa shape index (κ1) is 11.1. The van der Waals surface area contributed by atoms with Crippen molar-refractivity contribution in [2.75, 3.05) is 0 Å². The second-order valence-corrected chi connectivity index (χ2v) is 5.34. The lowest BCUT2D eigenvalue weighted by Gasteiger charge is -2.36. The first-order valence-electron chi connectivity index (χ1n) is 6.11. The average Bonchev–Trinajstić information content (AvgIpc) is 2.34. The summed E-state index contributed by atoms with van der Waals surface area (Å²) >= 11 is 0. The van der Waals surface area contributed by atoms with Crippen LogP contribution in [0.15, 0.2) is 41.5 Å². The molecule has 0 atom stereocenters. The normalized spacial score (nSPS) is 20.8. The van der Waals surface area contributed by atoms with E-state index in [0.29, 0.717) is 5.57 Å². The van der Waals surface area contributed by atoms with Crippen molar-refractivity contribution in [2.24, 2.45) is 0 Å². The Balaban J connectivity index is 2.31. The fraction of sp³-hybridized carbons (Fsp3) is 0.250. The lowest BCUT2D eigenvalue weighted by atomic mass is 9.66. The minimum Gasteiger partial charge on any atom is -0.290 e. The number of rotatable bonds is 0. The van der Waals surface area contributed by atoms with Crippen molar-refractivity contribution in [3.63, 3.8) is 0 Å². The van der Waals surface area contributed by atoms with Gasteiger partial charge in [0.1, 0.15) is 0 Å². The van der Waals surface area contributed by atoms with Gasteiger partial charge in [-0.2, -0.15) is 0 Å². The number of ketones is 2. The molecule has 0 aliphatic heterocycles. The Hall–Kier alpha value is -1.96. The zero-order chi connectivity index (χ0) is 12.9. The minimum atomic E-state index is -0.338. The van der Waals surface area contributed by atoms with Gasteiger partial charge in [0.15, 0.2) is 0 Å². The van der Waals surface area contributed by atoms with E-state index in [1.165, 1.54) is 5.56 Å². The summed E-state index contributed by atoms with van der Waals surface area (Å²) < 4.78 is 0. The fourth-order valence-electron chi connectivity index (χ4n) is 2.90. The fourth-order valence-corrected chi connectivity index (χ4v) is 2.90. The summed E-state index contributed by atoms with van der Waals surface area (Å²) in [5.41, 5.74) is 3.61. The van der Waals surface area contributed by atoms with Gasteiger partial charge in [-0.05, 0) is 22.8 Å². The van der Waals surface area contributed by atoms with E-state index < -0.39 is 0 Å². The molecule has 0 N–H and O–H groups in total. The maximum absolute atomic E-state index is 12.0. The zero-order valence-corrected chi connectivity index (χ0v) is 10.5. The van der Waals surface area contributed by atoms with E-state index in [1.54, 1.807) is 0 Å². The summed E-state index contributed by atoms with van der Waals surface area (Å²) in [6.07, 6.45) is 3.99. The van der Waals surface area contributed by atoms with Gasteiger partial charge in [-0.3, -0.25) is 9.59 Å². The Morgan fingerprint density at radius 2 is 1.83 bits per heavy atom. The molecule has 2 aliphatic rings. The summed E-state index contributed by atoms with van der Waals surface area (Å²) in [5, 5.41) is 0. The van der Waals surface area contributed by atoms with Crippen LogP contribution in [-0.4, -0.2) is 11.6 Å². The van der Waals surface area contributed by atoms with Crippen LogP contribution < -0.4 is 0 Å². The highest BCUT2D eigenvalue weighted by Crippen LogP contribution is 2.44. The molecule has 0 heterocycles. The van der Waals surface area contributed by atoms with E-state index >= 15 is 0 Å². The minimum absolute atomic E-state index is 0.211. The molecule has 1 aromatic rings. The second-order valence-electron chi connectivity index (χ2n) is 5.34. The van der Waals surface area contributed by atoms with Gasteiger partial charge in [0.25, 0.3) is 0 Å². The highest BCUT2D eigenvalue weighted by atomic mass is 16.2. The van der Waals surface area contributed by atoms with Crippen molar-refractivity contribution in [2.45, 2.75) is 25.7 Å². The number of fused-ring (bicyclic) bond motifs is 2. The van der Waals surface area contributed by atoms with Crippen LogP contribution in [0.1, 0.15) is 31.4 Å². The second kappa shape index (κ2) is 3.52. The molecule has 0 amide bonds. The maximum atomic E-state index is 12.0. The van der Waals surface area contributed by atoms with Gasteiger partial charge in [-0.1, -0.05) is 44.2 Å². The third kappa shape index (κ3) is 1.35. The van der Waals surface area contributed by atoms with Gasteiger partial charge < -0.3 is 0 Å². The van der Waals surface area contributed by atoms with E-state index in [-0.39, 0.29) is 23.4 Å². The monoisotopic (exact) mass is 238 g/mol. The van der Waals surface area contributed by atoms with Gasteiger partial charge >= 0.3 is 0 Å². The van der Waals surface area contributed by atoms with Crippen LogP contribution in [-0.2, 0) is 15.0 Å². The van der Waals surface area contributed by atoms with E-state index in [2.05, 4.69) is 19.9 Å². The van der Waals surface area contributed by atoms with Crippen LogP contribution in [0.3, 0.4) is 0 Å². The van der Waals surface area contributed by atoms with Crippen molar-refractivity contribution in [3.8, 4) is 0 Å². The molecule has 90 valence electrons. The highest BCUT2D eigenvalue weighted by molar-refractivity contribution is 6.47. The third-order valence-corrected chi connectivity index (χ3v) is 3.89. The number of benzene rings is 1. The molecule has 0 unspecified atom stereocenters. The molecule has 0 radical (unpaired) electrons. The standard InChI is InChI=1S/C16H14O2/c1-16(2)12-6-4-3-5-10(12)9-11-13(16)7-8-14(17)15(11)18/h3-7,9H,8H2,1-2H3. The summed E-state index contributed by atoms with van der Waals surface area (Å²) in [7, 11) is 0. The van der Waals surface area contributed by atoms with Crippen molar-refractivity contribution >= 4 is 17.6 Å². The number of allylic oxidation sites excluding steroid dienone is 3. The maximum Gasteiger partial charge on any atom is 0.229 e. The van der Waals surface area contributed by atoms with Crippen molar-refractivity contribution < 1.29 is 9.59 Å². The zero-order valence-electron chi connectivity index (χ0n) is 10.5. The summed E-state index contributed by atoms with van der Waals surface area (Å²) in [6.45, 7) is 4.21. The molecule has 2 nitrogen and oxygen atoms in total. The van der Waals surface area contributed by atoms with E-state index in [0.717, 1.165) is 11.1 Å². The molecule has 0 saturated heterocycles. The third-order valence-electron chi connectivity index (χ3n) is 3.89. The molecular weight excluding hydrogens is 224 g/mol. The number of carbonyl (C=O) groups is 2. The Bertz CT molecular complexity index is 630. The van der Waals surface area contributed by atoms with Crippen molar-refractivity contribution in [1.82, 2.24) is 0 Å². The predicted molar refractivity (Wildman–Crippen MR) is 70.2 cm³/mol.